The highest BCUT2D eigenvalue weighted by Crippen LogP contribution is 2.22. The molecule has 10 nitrogen and oxygen atoms in total. The number of carbonyl (C=O) groups excluding carboxylic acids is 2. The van der Waals surface area contributed by atoms with Crippen LogP contribution in [0.3, 0.4) is 0 Å². The van der Waals surface area contributed by atoms with Crippen molar-refractivity contribution in [1.29, 1.82) is 0 Å². The van der Waals surface area contributed by atoms with Crippen molar-refractivity contribution in [2.45, 2.75) is 4.90 Å². The van der Waals surface area contributed by atoms with Crippen LogP contribution in [0, 0.1) is 10.1 Å². The standard InChI is InChI=1S/C19H16N4O6S/c1-22-8-7-20-18(22)17(24)12-3-5-14(6-4-12)21-19(25)13-9-15(23(26)27)11-16(10-13)30(2,28)29/h3-11H,1-2H3,(H,21,25). The highest BCUT2D eigenvalue weighted by atomic mass is 32.2. The fourth-order valence-corrected chi connectivity index (χ4v) is 3.33. The van der Waals surface area contributed by atoms with Crippen molar-refractivity contribution >= 4 is 32.9 Å². The highest BCUT2D eigenvalue weighted by molar-refractivity contribution is 7.90. The van der Waals surface area contributed by atoms with Crippen LogP contribution in [0.25, 0.3) is 0 Å². The maximum absolute atomic E-state index is 12.5. The van der Waals surface area contributed by atoms with Gasteiger partial charge in [0.15, 0.2) is 15.7 Å². The number of carbonyl (C=O) groups is 2. The first-order chi connectivity index (χ1) is 14.1. The Labute approximate surface area is 171 Å². The zero-order valence-corrected chi connectivity index (χ0v) is 16.7. The van der Waals surface area contributed by atoms with Crippen molar-refractivity contribution in [3.05, 3.63) is 81.9 Å². The molecule has 1 N–H and O–H groups in total. The van der Waals surface area contributed by atoms with Crippen molar-refractivity contribution in [3.63, 3.8) is 0 Å². The first kappa shape index (κ1) is 20.9. The molecular weight excluding hydrogens is 412 g/mol. The van der Waals surface area contributed by atoms with E-state index >= 15 is 0 Å². The smallest absolute Gasteiger partial charge is 0.271 e. The number of amides is 1. The number of nitro benzene ring substituents is 1. The molecule has 0 saturated heterocycles. The van der Waals surface area contributed by atoms with Gasteiger partial charge >= 0.3 is 0 Å². The number of hydrogen-bond donors (Lipinski definition) is 1. The molecule has 0 aliphatic carbocycles. The van der Waals surface area contributed by atoms with E-state index in [1.165, 1.54) is 30.5 Å². The van der Waals surface area contributed by atoms with Gasteiger partial charge in [-0.1, -0.05) is 0 Å². The minimum absolute atomic E-state index is 0.183. The molecule has 3 aromatic rings. The molecule has 0 saturated carbocycles. The van der Waals surface area contributed by atoms with Crippen molar-refractivity contribution in [2.75, 3.05) is 11.6 Å². The SMILES string of the molecule is Cn1ccnc1C(=O)c1ccc(NC(=O)c2cc([N+](=O)[O-])cc(S(C)(=O)=O)c2)cc1. The van der Waals surface area contributed by atoms with Crippen LogP contribution in [0.2, 0.25) is 0 Å². The molecule has 11 heteroatoms. The topological polar surface area (TPSA) is 141 Å². The second kappa shape index (κ2) is 7.87. The zero-order chi connectivity index (χ0) is 22.1. The van der Waals surface area contributed by atoms with E-state index in [0.29, 0.717) is 11.3 Å². The lowest BCUT2D eigenvalue weighted by atomic mass is 10.1. The summed E-state index contributed by atoms with van der Waals surface area (Å²) in [5.74, 6) is -0.764. The molecule has 1 heterocycles. The Kier molecular flexibility index (Phi) is 5.47. The average molecular weight is 428 g/mol. The summed E-state index contributed by atoms with van der Waals surface area (Å²) in [4.78, 5) is 38.9. The van der Waals surface area contributed by atoms with E-state index in [9.17, 15) is 28.1 Å². The monoisotopic (exact) mass is 428 g/mol. The van der Waals surface area contributed by atoms with E-state index < -0.39 is 26.4 Å². The maximum Gasteiger partial charge on any atom is 0.271 e. The predicted molar refractivity (Wildman–Crippen MR) is 107 cm³/mol. The van der Waals surface area contributed by atoms with E-state index in [4.69, 9.17) is 0 Å². The van der Waals surface area contributed by atoms with Crippen LogP contribution < -0.4 is 5.32 Å². The summed E-state index contributed by atoms with van der Waals surface area (Å²) >= 11 is 0. The van der Waals surface area contributed by atoms with Gasteiger partial charge in [-0.15, -0.1) is 0 Å². The van der Waals surface area contributed by atoms with Crippen molar-refractivity contribution < 1.29 is 22.9 Å². The number of hydrogen-bond acceptors (Lipinski definition) is 7. The minimum atomic E-state index is -3.76. The molecule has 1 amide bonds. The van der Waals surface area contributed by atoms with Crippen LogP contribution in [0.5, 0.6) is 0 Å². The Morgan fingerprint density at radius 3 is 2.30 bits per heavy atom. The van der Waals surface area contributed by atoms with Gasteiger partial charge in [0.1, 0.15) is 0 Å². The molecule has 1 aromatic heterocycles. The number of ketones is 1. The summed E-state index contributed by atoms with van der Waals surface area (Å²) < 4.78 is 25.1. The number of aromatic nitrogens is 2. The van der Waals surface area contributed by atoms with Crippen molar-refractivity contribution in [3.8, 4) is 0 Å². The quantitative estimate of drug-likeness (QED) is 0.360. The van der Waals surface area contributed by atoms with Crippen molar-refractivity contribution in [1.82, 2.24) is 9.55 Å². The van der Waals surface area contributed by atoms with Crippen LogP contribution in [-0.4, -0.2) is 40.8 Å². The Balaban J connectivity index is 1.84. The van der Waals surface area contributed by atoms with Gasteiger partial charge in [0.25, 0.3) is 11.6 Å². The lowest BCUT2D eigenvalue weighted by molar-refractivity contribution is -0.385. The lowest BCUT2D eigenvalue weighted by Crippen LogP contribution is -2.14. The summed E-state index contributed by atoms with van der Waals surface area (Å²) in [6.45, 7) is 0. The molecule has 0 unspecified atom stereocenters. The van der Waals surface area contributed by atoms with Gasteiger partial charge < -0.3 is 9.88 Å². The molecule has 0 radical (unpaired) electrons. The van der Waals surface area contributed by atoms with Crippen LogP contribution in [0.1, 0.15) is 26.5 Å². The normalized spacial score (nSPS) is 11.1. The third kappa shape index (κ3) is 4.41. The Hall–Kier alpha value is -3.86. The number of sulfone groups is 1. The molecule has 0 atom stereocenters. The lowest BCUT2D eigenvalue weighted by Gasteiger charge is -2.08. The molecule has 2 aromatic carbocycles. The molecule has 30 heavy (non-hydrogen) atoms. The van der Waals surface area contributed by atoms with E-state index in [0.717, 1.165) is 24.5 Å². The van der Waals surface area contributed by atoms with E-state index in [2.05, 4.69) is 10.3 Å². The van der Waals surface area contributed by atoms with Crippen LogP contribution in [0.15, 0.2) is 59.8 Å². The van der Waals surface area contributed by atoms with Gasteiger partial charge in [0, 0.05) is 54.6 Å². The number of imidazole rings is 1. The van der Waals surface area contributed by atoms with Gasteiger partial charge in [0.2, 0.25) is 5.78 Å². The third-order valence-corrected chi connectivity index (χ3v) is 5.31. The summed E-state index contributed by atoms with van der Waals surface area (Å²) in [5.41, 5.74) is -0.0160. The number of aryl methyl sites for hydroxylation is 1. The maximum atomic E-state index is 12.5. The number of nitrogens with one attached hydrogen (secondary N) is 1. The Bertz CT molecular complexity index is 1260. The van der Waals surface area contributed by atoms with Gasteiger partial charge in [-0.05, 0) is 30.3 Å². The second-order valence-electron chi connectivity index (χ2n) is 6.47. The minimum Gasteiger partial charge on any atom is -0.331 e. The number of nitrogens with zero attached hydrogens (tertiary/aromatic N) is 3. The summed E-state index contributed by atoms with van der Waals surface area (Å²) in [6.07, 6.45) is 4.04. The Morgan fingerprint density at radius 1 is 1.10 bits per heavy atom. The van der Waals surface area contributed by atoms with Crippen LogP contribution in [0.4, 0.5) is 11.4 Å². The molecule has 0 spiro atoms. The largest absolute Gasteiger partial charge is 0.331 e. The zero-order valence-electron chi connectivity index (χ0n) is 15.9. The first-order valence-corrected chi connectivity index (χ1v) is 10.4. The molecule has 3 rings (SSSR count). The van der Waals surface area contributed by atoms with Gasteiger partial charge in [0.05, 0.1) is 9.82 Å². The van der Waals surface area contributed by atoms with E-state index in [-0.39, 0.29) is 22.1 Å². The van der Waals surface area contributed by atoms with Gasteiger partial charge in [-0.2, -0.15) is 0 Å². The van der Waals surface area contributed by atoms with Gasteiger partial charge in [-0.25, -0.2) is 13.4 Å². The number of benzene rings is 2. The number of rotatable bonds is 6. The summed E-state index contributed by atoms with van der Waals surface area (Å²) in [7, 11) is -2.06. The molecule has 0 aliphatic heterocycles. The summed E-state index contributed by atoms with van der Waals surface area (Å²) in [5, 5.41) is 13.6. The molecule has 0 fully saturated rings. The predicted octanol–water partition coefficient (Wildman–Crippen LogP) is 2.22. The van der Waals surface area contributed by atoms with E-state index in [1.54, 1.807) is 17.8 Å². The summed E-state index contributed by atoms with van der Waals surface area (Å²) in [6, 6.07) is 8.93. The average Bonchev–Trinajstić information content (AvgIpc) is 3.12. The third-order valence-electron chi connectivity index (χ3n) is 4.22. The van der Waals surface area contributed by atoms with Gasteiger partial charge in [-0.3, -0.25) is 19.7 Å². The molecular formula is C19H16N4O6S. The fraction of sp³-hybridized carbons (Fsp3) is 0.105. The molecule has 0 aliphatic rings. The number of nitro groups is 1. The number of non-ortho nitro benzene ring substituents is 1. The molecule has 0 bridgehead atoms. The van der Waals surface area contributed by atoms with Crippen LogP contribution >= 0.6 is 0 Å². The van der Waals surface area contributed by atoms with Crippen molar-refractivity contribution in [2.24, 2.45) is 7.05 Å². The fourth-order valence-electron chi connectivity index (χ4n) is 2.66. The first-order valence-electron chi connectivity index (χ1n) is 8.49. The molecule has 154 valence electrons. The van der Waals surface area contributed by atoms with Crippen LogP contribution in [-0.2, 0) is 16.9 Å². The Morgan fingerprint density at radius 2 is 1.77 bits per heavy atom. The van der Waals surface area contributed by atoms with E-state index in [1.807, 2.05) is 0 Å². The number of anilines is 1. The second-order valence-corrected chi connectivity index (χ2v) is 8.48. The highest BCUT2D eigenvalue weighted by Gasteiger charge is 2.19.